The standard InChI is InChI=1S/C24H15ClN4O3/c25-18-7-6-15(20(10-18)16-3-1-4-17(9-16)24(31)32)5-2-8-29-14-28-22-13-27-19(12-26)11-21(22)23(29)30/h1-7,9-11,13-14H,8H2,(H,31,32)/b5-2+. The van der Waals surface area contributed by atoms with Crippen LogP contribution in [-0.4, -0.2) is 25.6 Å². The number of fused-ring (bicyclic) bond motifs is 1. The Balaban J connectivity index is 1.67. The Kier molecular flexibility index (Phi) is 5.79. The first-order chi connectivity index (χ1) is 15.5. The molecule has 8 heteroatoms. The van der Waals surface area contributed by atoms with Crippen molar-refractivity contribution in [3.63, 3.8) is 0 Å². The summed E-state index contributed by atoms with van der Waals surface area (Å²) in [6, 6.07) is 15.3. The summed E-state index contributed by atoms with van der Waals surface area (Å²) in [4.78, 5) is 32.2. The fourth-order valence-electron chi connectivity index (χ4n) is 3.29. The van der Waals surface area contributed by atoms with E-state index >= 15 is 0 Å². The van der Waals surface area contributed by atoms with Gasteiger partial charge in [-0.05, 0) is 47.0 Å². The van der Waals surface area contributed by atoms with Gasteiger partial charge < -0.3 is 5.11 Å². The number of halogens is 1. The third kappa shape index (κ3) is 4.26. The van der Waals surface area contributed by atoms with Gasteiger partial charge in [-0.1, -0.05) is 42.0 Å². The van der Waals surface area contributed by atoms with E-state index in [1.54, 1.807) is 30.3 Å². The van der Waals surface area contributed by atoms with E-state index in [2.05, 4.69) is 9.97 Å². The van der Waals surface area contributed by atoms with Crippen LogP contribution in [0.3, 0.4) is 0 Å². The van der Waals surface area contributed by atoms with Crippen molar-refractivity contribution in [3.8, 4) is 17.2 Å². The van der Waals surface area contributed by atoms with Gasteiger partial charge in [0, 0.05) is 11.6 Å². The Labute approximate surface area is 187 Å². The summed E-state index contributed by atoms with van der Waals surface area (Å²) in [6.07, 6.45) is 6.47. The van der Waals surface area contributed by atoms with E-state index in [0.717, 1.165) is 11.1 Å². The predicted molar refractivity (Wildman–Crippen MR) is 121 cm³/mol. The van der Waals surface area contributed by atoms with Crippen LogP contribution in [0.4, 0.5) is 0 Å². The average molecular weight is 443 g/mol. The second-order valence-electron chi connectivity index (χ2n) is 6.92. The molecule has 0 saturated carbocycles. The molecule has 0 aliphatic rings. The van der Waals surface area contributed by atoms with Gasteiger partial charge >= 0.3 is 5.97 Å². The molecule has 0 aliphatic heterocycles. The molecule has 0 fully saturated rings. The Hall–Kier alpha value is -4.28. The summed E-state index contributed by atoms with van der Waals surface area (Å²) >= 11 is 6.18. The molecule has 4 aromatic rings. The molecule has 156 valence electrons. The van der Waals surface area contributed by atoms with Crippen LogP contribution in [-0.2, 0) is 6.54 Å². The highest BCUT2D eigenvalue weighted by Crippen LogP contribution is 2.29. The van der Waals surface area contributed by atoms with Gasteiger partial charge in [-0.25, -0.2) is 14.8 Å². The second-order valence-corrected chi connectivity index (χ2v) is 7.36. The predicted octanol–water partition coefficient (Wildman–Crippen LogP) is 4.40. The summed E-state index contributed by atoms with van der Waals surface area (Å²) in [5, 5.41) is 19.1. The molecule has 0 amide bonds. The molecule has 0 saturated heterocycles. The lowest BCUT2D eigenvalue weighted by atomic mass is 9.97. The Morgan fingerprint density at radius 3 is 2.81 bits per heavy atom. The molecule has 0 unspecified atom stereocenters. The van der Waals surface area contributed by atoms with Crippen LogP contribution in [0.2, 0.25) is 5.02 Å². The van der Waals surface area contributed by atoms with E-state index in [1.165, 1.54) is 29.2 Å². The van der Waals surface area contributed by atoms with E-state index in [9.17, 15) is 14.7 Å². The molecule has 0 spiro atoms. The van der Waals surface area contributed by atoms with Crippen molar-refractivity contribution in [3.05, 3.63) is 99.3 Å². The number of aromatic carboxylic acids is 1. The average Bonchev–Trinajstić information content (AvgIpc) is 2.81. The molecule has 0 bridgehead atoms. The molecule has 2 aromatic heterocycles. The number of carboxylic acid groups (broad SMARTS) is 1. The number of hydrogen-bond acceptors (Lipinski definition) is 5. The Morgan fingerprint density at radius 1 is 1.19 bits per heavy atom. The van der Waals surface area contributed by atoms with Gasteiger partial charge in [-0.15, -0.1) is 0 Å². The minimum Gasteiger partial charge on any atom is -0.478 e. The van der Waals surface area contributed by atoms with Gasteiger partial charge in [-0.3, -0.25) is 9.36 Å². The van der Waals surface area contributed by atoms with Gasteiger partial charge in [0.2, 0.25) is 0 Å². The van der Waals surface area contributed by atoms with Crippen LogP contribution in [0.15, 0.2) is 71.9 Å². The molecule has 7 nitrogen and oxygen atoms in total. The van der Waals surface area contributed by atoms with Crippen LogP contribution in [0.1, 0.15) is 21.6 Å². The fraction of sp³-hybridized carbons (Fsp3) is 0.0417. The fourth-order valence-corrected chi connectivity index (χ4v) is 3.46. The van der Waals surface area contributed by atoms with Crippen molar-refractivity contribution in [2.45, 2.75) is 6.54 Å². The Morgan fingerprint density at radius 2 is 2.03 bits per heavy atom. The normalized spacial score (nSPS) is 11.0. The summed E-state index contributed by atoms with van der Waals surface area (Å²) < 4.78 is 1.43. The lowest BCUT2D eigenvalue weighted by Gasteiger charge is -2.09. The largest absolute Gasteiger partial charge is 0.478 e. The smallest absolute Gasteiger partial charge is 0.335 e. The molecular formula is C24H15ClN4O3. The minimum absolute atomic E-state index is 0.152. The number of nitrogens with zero attached hydrogens (tertiary/aromatic N) is 4. The molecular weight excluding hydrogens is 428 g/mol. The first kappa shape index (κ1) is 21.0. The third-order valence-corrected chi connectivity index (χ3v) is 5.10. The molecule has 2 aromatic carbocycles. The zero-order chi connectivity index (χ0) is 22.7. The highest BCUT2D eigenvalue weighted by molar-refractivity contribution is 6.31. The number of nitriles is 1. The van der Waals surface area contributed by atoms with Gasteiger partial charge in [0.15, 0.2) is 0 Å². The number of rotatable bonds is 5. The van der Waals surface area contributed by atoms with Gasteiger partial charge in [-0.2, -0.15) is 5.26 Å². The maximum absolute atomic E-state index is 12.8. The highest BCUT2D eigenvalue weighted by atomic mass is 35.5. The van der Waals surface area contributed by atoms with Crippen LogP contribution in [0.5, 0.6) is 0 Å². The van der Waals surface area contributed by atoms with Crippen LogP contribution >= 0.6 is 11.6 Å². The maximum Gasteiger partial charge on any atom is 0.335 e. The molecule has 2 heterocycles. The molecule has 32 heavy (non-hydrogen) atoms. The van der Waals surface area contributed by atoms with Crippen LogP contribution in [0, 0.1) is 11.3 Å². The third-order valence-electron chi connectivity index (χ3n) is 4.86. The SMILES string of the molecule is N#Cc1cc2c(=O)n(C/C=C/c3ccc(Cl)cc3-c3cccc(C(=O)O)c3)cnc2cn1. The molecule has 4 rings (SSSR count). The number of benzene rings is 2. The first-order valence-electron chi connectivity index (χ1n) is 9.51. The van der Waals surface area contributed by atoms with Crippen molar-refractivity contribution in [1.29, 1.82) is 5.26 Å². The van der Waals surface area contributed by atoms with Crippen LogP contribution < -0.4 is 5.56 Å². The number of pyridine rings is 1. The van der Waals surface area contributed by atoms with Crippen molar-refractivity contribution >= 4 is 34.5 Å². The van der Waals surface area contributed by atoms with E-state index in [4.69, 9.17) is 16.9 Å². The van der Waals surface area contributed by atoms with Crippen LogP contribution in [0.25, 0.3) is 28.1 Å². The van der Waals surface area contributed by atoms with Gasteiger partial charge in [0.05, 0.1) is 29.0 Å². The zero-order valence-corrected chi connectivity index (χ0v) is 17.3. The monoisotopic (exact) mass is 442 g/mol. The number of aromatic nitrogens is 3. The lowest BCUT2D eigenvalue weighted by Crippen LogP contribution is -2.20. The second kappa shape index (κ2) is 8.84. The summed E-state index contributed by atoms with van der Waals surface area (Å²) in [5.41, 5.74) is 2.78. The molecule has 0 atom stereocenters. The Bertz CT molecular complexity index is 1490. The highest BCUT2D eigenvalue weighted by Gasteiger charge is 2.09. The number of carbonyl (C=O) groups is 1. The quantitative estimate of drug-likeness (QED) is 0.490. The van der Waals surface area contributed by atoms with E-state index in [0.29, 0.717) is 21.5 Å². The van der Waals surface area contributed by atoms with Crippen molar-refractivity contribution in [2.75, 3.05) is 0 Å². The van der Waals surface area contributed by atoms with Gasteiger partial charge in [0.1, 0.15) is 11.8 Å². The first-order valence-corrected chi connectivity index (χ1v) is 9.89. The van der Waals surface area contributed by atoms with E-state index < -0.39 is 5.97 Å². The molecule has 0 radical (unpaired) electrons. The summed E-state index contributed by atoms with van der Waals surface area (Å²) in [5.74, 6) is -1.01. The topological polar surface area (TPSA) is 109 Å². The van der Waals surface area contributed by atoms with Crippen molar-refractivity contribution in [1.82, 2.24) is 14.5 Å². The number of carboxylic acids is 1. The van der Waals surface area contributed by atoms with E-state index in [-0.39, 0.29) is 23.4 Å². The van der Waals surface area contributed by atoms with E-state index in [1.807, 2.05) is 24.3 Å². The minimum atomic E-state index is -1.01. The van der Waals surface area contributed by atoms with Crippen molar-refractivity contribution in [2.24, 2.45) is 0 Å². The number of hydrogen-bond donors (Lipinski definition) is 1. The summed E-state index contributed by atoms with van der Waals surface area (Å²) in [7, 11) is 0. The van der Waals surface area contributed by atoms with Gasteiger partial charge in [0.25, 0.3) is 5.56 Å². The molecule has 0 aliphatic carbocycles. The zero-order valence-electron chi connectivity index (χ0n) is 16.6. The number of allylic oxidation sites excluding steroid dienone is 1. The maximum atomic E-state index is 12.8. The molecule has 1 N–H and O–H groups in total. The summed E-state index contributed by atoms with van der Waals surface area (Å²) in [6.45, 7) is 0.253. The lowest BCUT2D eigenvalue weighted by molar-refractivity contribution is 0.0697. The van der Waals surface area contributed by atoms with Crippen molar-refractivity contribution < 1.29 is 9.90 Å².